The van der Waals surface area contributed by atoms with Crippen LogP contribution in [0.1, 0.15) is 21.6 Å². The lowest BCUT2D eigenvalue weighted by Gasteiger charge is -2.07. The summed E-state index contributed by atoms with van der Waals surface area (Å²) in [5, 5.41) is 8.68. The molecule has 5 nitrogen and oxygen atoms in total. The number of Topliss-reactive ketones (excluding diaryl/α,β-unsaturated/α-hetero) is 1. The van der Waals surface area contributed by atoms with Crippen molar-refractivity contribution in [3.63, 3.8) is 0 Å². The van der Waals surface area contributed by atoms with Gasteiger partial charge in [-0.2, -0.15) is 0 Å². The fourth-order valence-electron chi connectivity index (χ4n) is 1.88. The number of pyridine rings is 1. The molecule has 1 heterocycles. The average molecular weight is 285 g/mol. The van der Waals surface area contributed by atoms with Gasteiger partial charge in [0.05, 0.1) is 6.42 Å². The van der Waals surface area contributed by atoms with Crippen molar-refractivity contribution in [2.45, 2.75) is 13.3 Å². The quantitative estimate of drug-likeness (QED) is 0.824. The third-order valence-electron chi connectivity index (χ3n) is 2.96. The number of ketones is 1. The van der Waals surface area contributed by atoms with Gasteiger partial charge in [0.15, 0.2) is 6.61 Å². The Hall–Kier alpha value is -2.69. The van der Waals surface area contributed by atoms with Crippen molar-refractivity contribution >= 4 is 11.8 Å². The summed E-state index contributed by atoms with van der Waals surface area (Å²) in [5.74, 6) is -0.500. The van der Waals surface area contributed by atoms with Crippen molar-refractivity contribution in [1.29, 1.82) is 0 Å². The summed E-state index contributed by atoms with van der Waals surface area (Å²) < 4.78 is 5.41. The molecular weight excluding hydrogens is 270 g/mol. The average Bonchev–Trinajstić information content (AvgIpc) is 2.46. The lowest BCUT2D eigenvalue weighted by molar-refractivity contribution is -0.136. The molecule has 0 bridgehead atoms. The fourth-order valence-corrected chi connectivity index (χ4v) is 1.88. The summed E-state index contributed by atoms with van der Waals surface area (Å²) in [6, 6.07) is 10.1. The van der Waals surface area contributed by atoms with E-state index in [0.717, 1.165) is 0 Å². The summed E-state index contributed by atoms with van der Waals surface area (Å²) in [6.45, 7) is 1.69. The molecule has 108 valence electrons. The Kier molecular flexibility index (Phi) is 4.66. The van der Waals surface area contributed by atoms with Crippen molar-refractivity contribution in [2.75, 3.05) is 6.61 Å². The minimum Gasteiger partial charge on any atom is -0.485 e. The van der Waals surface area contributed by atoms with Crippen molar-refractivity contribution in [3.05, 3.63) is 59.4 Å². The minimum atomic E-state index is -0.883. The van der Waals surface area contributed by atoms with Crippen LogP contribution < -0.4 is 4.74 Å². The Bertz CT molecular complexity index is 650. The zero-order valence-electron chi connectivity index (χ0n) is 11.6. The molecule has 0 saturated heterocycles. The van der Waals surface area contributed by atoms with Gasteiger partial charge < -0.3 is 9.84 Å². The number of carboxylic acid groups (broad SMARTS) is 1. The SMILES string of the molecule is Cc1ncccc1C(=O)COc1ccc(CC(=O)O)cc1. The van der Waals surface area contributed by atoms with Gasteiger partial charge in [0, 0.05) is 17.5 Å². The molecule has 0 aliphatic carbocycles. The summed E-state index contributed by atoms with van der Waals surface area (Å²) in [4.78, 5) is 26.6. The van der Waals surface area contributed by atoms with Crippen molar-refractivity contribution in [3.8, 4) is 5.75 Å². The Morgan fingerprint density at radius 3 is 2.52 bits per heavy atom. The van der Waals surface area contributed by atoms with Crippen molar-refractivity contribution in [1.82, 2.24) is 4.98 Å². The third kappa shape index (κ3) is 4.14. The first-order valence-corrected chi connectivity index (χ1v) is 6.44. The van der Waals surface area contributed by atoms with Crippen LogP contribution in [-0.4, -0.2) is 28.4 Å². The molecule has 1 N–H and O–H groups in total. The summed E-state index contributed by atoms with van der Waals surface area (Å²) in [6.07, 6.45) is 1.60. The second kappa shape index (κ2) is 6.65. The van der Waals surface area contributed by atoms with Crippen molar-refractivity contribution < 1.29 is 19.4 Å². The molecule has 0 saturated carbocycles. The van der Waals surface area contributed by atoms with Crippen LogP contribution in [0.25, 0.3) is 0 Å². The van der Waals surface area contributed by atoms with Crippen LogP contribution in [0.3, 0.4) is 0 Å². The Morgan fingerprint density at radius 2 is 1.90 bits per heavy atom. The van der Waals surface area contributed by atoms with Crippen LogP contribution in [0.15, 0.2) is 42.6 Å². The number of nitrogens with zero attached hydrogens (tertiary/aromatic N) is 1. The van der Waals surface area contributed by atoms with E-state index in [2.05, 4.69) is 4.98 Å². The van der Waals surface area contributed by atoms with Gasteiger partial charge in [-0.3, -0.25) is 14.6 Å². The highest BCUT2D eigenvalue weighted by atomic mass is 16.5. The van der Waals surface area contributed by atoms with Gasteiger partial charge in [0.1, 0.15) is 5.75 Å². The molecule has 0 unspecified atom stereocenters. The summed E-state index contributed by atoms with van der Waals surface area (Å²) >= 11 is 0. The van der Waals surface area contributed by atoms with E-state index in [9.17, 15) is 9.59 Å². The normalized spacial score (nSPS) is 10.1. The maximum atomic E-state index is 12.0. The topological polar surface area (TPSA) is 76.5 Å². The number of aryl methyl sites for hydroxylation is 1. The molecule has 0 spiro atoms. The number of hydrogen-bond donors (Lipinski definition) is 1. The lowest BCUT2D eigenvalue weighted by Crippen LogP contribution is -2.13. The predicted molar refractivity (Wildman–Crippen MR) is 76.6 cm³/mol. The van der Waals surface area contributed by atoms with Crippen LogP contribution in [0.4, 0.5) is 0 Å². The van der Waals surface area contributed by atoms with Gasteiger partial charge in [0.25, 0.3) is 0 Å². The van der Waals surface area contributed by atoms with Gasteiger partial charge >= 0.3 is 5.97 Å². The lowest BCUT2D eigenvalue weighted by atomic mass is 10.1. The zero-order chi connectivity index (χ0) is 15.2. The van der Waals surface area contributed by atoms with Gasteiger partial charge in [-0.1, -0.05) is 12.1 Å². The number of ether oxygens (including phenoxy) is 1. The zero-order valence-corrected chi connectivity index (χ0v) is 11.6. The highest BCUT2D eigenvalue weighted by Gasteiger charge is 2.10. The van der Waals surface area contributed by atoms with Gasteiger partial charge in [-0.15, -0.1) is 0 Å². The second-order valence-corrected chi connectivity index (χ2v) is 4.56. The van der Waals surface area contributed by atoms with Crippen LogP contribution >= 0.6 is 0 Å². The second-order valence-electron chi connectivity index (χ2n) is 4.56. The van der Waals surface area contributed by atoms with Crippen LogP contribution in [0, 0.1) is 6.92 Å². The Labute approximate surface area is 122 Å². The predicted octanol–water partition coefficient (Wildman–Crippen LogP) is 2.28. The van der Waals surface area contributed by atoms with E-state index in [1.165, 1.54) is 0 Å². The van der Waals surface area contributed by atoms with Crippen LogP contribution in [-0.2, 0) is 11.2 Å². The standard InChI is InChI=1S/C16H15NO4/c1-11-14(3-2-8-17-11)15(18)10-21-13-6-4-12(5-7-13)9-16(19)20/h2-8H,9-10H2,1H3,(H,19,20). The first-order valence-electron chi connectivity index (χ1n) is 6.44. The van der Waals surface area contributed by atoms with Gasteiger partial charge in [-0.05, 0) is 36.8 Å². The molecule has 1 aromatic carbocycles. The van der Waals surface area contributed by atoms with E-state index >= 15 is 0 Å². The highest BCUT2D eigenvalue weighted by Crippen LogP contribution is 2.13. The number of carboxylic acids is 1. The molecule has 21 heavy (non-hydrogen) atoms. The molecule has 2 rings (SSSR count). The molecular formula is C16H15NO4. The van der Waals surface area contributed by atoms with Crippen LogP contribution in [0.5, 0.6) is 5.75 Å². The number of rotatable bonds is 6. The third-order valence-corrected chi connectivity index (χ3v) is 2.96. The molecule has 0 atom stereocenters. The number of hydrogen-bond acceptors (Lipinski definition) is 4. The first kappa shape index (κ1) is 14.7. The molecule has 0 aliphatic rings. The Balaban J connectivity index is 1.95. The van der Waals surface area contributed by atoms with Gasteiger partial charge in [0.2, 0.25) is 5.78 Å². The van der Waals surface area contributed by atoms with Crippen molar-refractivity contribution in [2.24, 2.45) is 0 Å². The molecule has 0 amide bonds. The maximum Gasteiger partial charge on any atom is 0.307 e. The molecule has 0 radical (unpaired) electrons. The number of carbonyl (C=O) groups excluding carboxylic acids is 1. The molecule has 5 heteroatoms. The summed E-state index contributed by atoms with van der Waals surface area (Å²) in [5.41, 5.74) is 1.90. The maximum absolute atomic E-state index is 12.0. The minimum absolute atomic E-state index is 0.0336. The van der Waals surface area contributed by atoms with E-state index in [0.29, 0.717) is 22.6 Å². The summed E-state index contributed by atoms with van der Waals surface area (Å²) in [7, 11) is 0. The number of aliphatic carboxylic acids is 1. The Morgan fingerprint density at radius 1 is 1.19 bits per heavy atom. The first-order chi connectivity index (χ1) is 10.1. The van der Waals surface area contributed by atoms with E-state index < -0.39 is 5.97 Å². The smallest absolute Gasteiger partial charge is 0.307 e. The molecule has 2 aromatic rings. The van der Waals surface area contributed by atoms with E-state index in [4.69, 9.17) is 9.84 Å². The highest BCUT2D eigenvalue weighted by molar-refractivity contribution is 5.98. The van der Waals surface area contributed by atoms with Crippen LogP contribution in [0.2, 0.25) is 0 Å². The molecule has 0 fully saturated rings. The van der Waals surface area contributed by atoms with E-state index in [-0.39, 0.29) is 18.8 Å². The van der Waals surface area contributed by atoms with E-state index in [1.807, 2.05) is 0 Å². The number of benzene rings is 1. The number of carbonyl (C=O) groups is 2. The van der Waals surface area contributed by atoms with E-state index in [1.54, 1.807) is 49.5 Å². The monoisotopic (exact) mass is 285 g/mol. The largest absolute Gasteiger partial charge is 0.485 e. The van der Waals surface area contributed by atoms with Gasteiger partial charge in [-0.25, -0.2) is 0 Å². The fraction of sp³-hybridized carbons (Fsp3) is 0.188. The molecule has 0 aliphatic heterocycles. The molecule has 1 aromatic heterocycles. The number of aromatic nitrogens is 1.